The van der Waals surface area contributed by atoms with E-state index in [1.807, 2.05) is 0 Å². The molecule has 0 aliphatic heterocycles. The highest BCUT2D eigenvalue weighted by molar-refractivity contribution is 7.91. The molecule has 0 aliphatic carbocycles. The Morgan fingerprint density at radius 2 is 1.22 bits per heavy atom. The van der Waals surface area contributed by atoms with Crippen molar-refractivity contribution < 1.29 is 21.6 Å². The van der Waals surface area contributed by atoms with Crippen molar-refractivity contribution in [1.82, 2.24) is 0 Å². The summed E-state index contributed by atoms with van der Waals surface area (Å²) in [7, 11) is -6.44. The largest absolute Gasteiger partial charge is 0.397 e. The maximum atomic E-state index is 11.2. The zero-order valence-corrected chi connectivity index (χ0v) is 16.7. The Hall–Kier alpha value is -2.79. The zero-order valence-electron chi connectivity index (χ0n) is 15.1. The fraction of sp³-hybridized carbons (Fsp3) is 0.188. The lowest BCUT2D eigenvalue weighted by atomic mass is 10.2. The van der Waals surface area contributed by atoms with Crippen LogP contribution < -0.4 is 22.5 Å². The predicted octanol–water partition coefficient (Wildman–Crippen LogP) is 0.885. The lowest BCUT2D eigenvalue weighted by Gasteiger charge is -2.07. The van der Waals surface area contributed by atoms with Gasteiger partial charge in [-0.25, -0.2) is 16.8 Å². The predicted molar refractivity (Wildman–Crippen MR) is 107 cm³/mol. The smallest absolute Gasteiger partial charge is 0.221 e. The van der Waals surface area contributed by atoms with Gasteiger partial charge in [0.25, 0.3) is 0 Å². The van der Waals surface area contributed by atoms with E-state index in [0.717, 1.165) is 12.5 Å². The van der Waals surface area contributed by atoms with E-state index in [2.05, 4.69) is 5.32 Å². The highest BCUT2D eigenvalue weighted by Gasteiger charge is 2.10. The molecule has 9 nitrogen and oxygen atoms in total. The Balaban J connectivity index is 0.000000277. The molecule has 11 heteroatoms. The molecule has 0 atom stereocenters. The van der Waals surface area contributed by atoms with E-state index in [1.165, 1.54) is 43.3 Å². The number of amides is 1. The number of nitrogen functional groups attached to an aromatic ring is 3. The third-order valence-corrected chi connectivity index (χ3v) is 5.47. The molecule has 27 heavy (non-hydrogen) atoms. The molecule has 0 aliphatic rings. The normalized spacial score (nSPS) is 11.2. The van der Waals surface area contributed by atoms with Crippen molar-refractivity contribution in [2.75, 3.05) is 35.0 Å². The lowest BCUT2D eigenvalue weighted by Crippen LogP contribution is -2.08. The molecule has 0 unspecified atom stereocenters. The molecule has 2 aromatic rings. The molecule has 2 rings (SSSR count). The second kappa shape index (κ2) is 8.27. The molecular formula is C16H22N4O5S2. The Morgan fingerprint density at radius 1 is 0.778 bits per heavy atom. The average Bonchev–Trinajstić information content (AvgIpc) is 2.50. The van der Waals surface area contributed by atoms with Crippen molar-refractivity contribution in [3.63, 3.8) is 0 Å². The first-order chi connectivity index (χ1) is 12.2. The number of hydrogen-bond acceptors (Lipinski definition) is 8. The molecule has 0 saturated heterocycles. The van der Waals surface area contributed by atoms with Crippen molar-refractivity contribution in [3.05, 3.63) is 36.4 Å². The van der Waals surface area contributed by atoms with Gasteiger partial charge in [0.1, 0.15) is 0 Å². The molecule has 0 saturated carbocycles. The highest BCUT2D eigenvalue weighted by atomic mass is 32.2. The van der Waals surface area contributed by atoms with E-state index in [-0.39, 0.29) is 27.1 Å². The minimum Gasteiger partial charge on any atom is -0.397 e. The van der Waals surface area contributed by atoms with Crippen LogP contribution in [-0.2, 0) is 24.5 Å². The standard InChI is InChI=1S/C9H12N2O3S.C7H10N2O2S/c1-6(12)11-9-4-3-7(5-8(9)10)15(2,13)14;1-12(10,11)5-2-3-6(8)7(9)4-5/h3-5H,10H2,1-2H3,(H,11,12);2-4H,8-9H2,1H3. The second-order valence-corrected chi connectivity index (χ2v) is 9.80. The highest BCUT2D eigenvalue weighted by Crippen LogP contribution is 2.22. The van der Waals surface area contributed by atoms with Crippen LogP contribution in [0.1, 0.15) is 6.92 Å². The van der Waals surface area contributed by atoms with Crippen LogP contribution in [0.4, 0.5) is 22.7 Å². The third kappa shape index (κ3) is 6.79. The van der Waals surface area contributed by atoms with Crippen LogP contribution in [0.2, 0.25) is 0 Å². The summed E-state index contributed by atoms with van der Waals surface area (Å²) in [5, 5.41) is 2.49. The molecule has 1 amide bonds. The maximum absolute atomic E-state index is 11.2. The Morgan fingerprint density at radius 3 is 1.59 bits per heavy atom. The molecule has 7 N–H and O–H groups in total. The number of carbonyl (C=O) groups is 1. The number of hydrogen-bond donors (Lipinski definition) is 4. The van der Waals surface area contributed by atoms with Crippen LogP contribution in [0, 0.1) is 0 Å². The first-order valence-electron chi connectivity index (χ1n) is 7.44. The summed E-state index contributed by atoms with van der Waals surface area (Å²) in [5.41, 5.74) is 17.7. The fourth-order valence-electron chi connectivity index (χ4n) is 1.86. The maximum Gasteiger partial charge on any atom is 0.221 e. The molecule has 2 aromatic carbocycles. The molecule has 0 fully saturated rings. The number of nitrogens with one attached hydrogen (secondary N) is 1. The molecule has 0 bridgehead atoms. The van der Waals surface area contributed by atoms with Gasteiger partial charge in [0.05, 0.1) is 32.5 Å². The summed E-state index contributed by atoms with van der Waals surface area (Å²) in [6.45, 7) is 1.35. The van der Waals surface area contributed by atoms with Crippen LogP contribution in [0.5, 0.6) is 0 Å². The monoisotopic (exact) mass is 414 g/mol. The number of benzene rings is 2. The van der Waals surface area contributed by atoms with Crippen molar-refractivity contribution in [3.8, 4) is 0 Å². The summed E-state index contributed by atoms with van der Waals surface area (Å²) in [6.07, 6.45) is 2.22. The van der Waals surface area contributed by atoms with Crippen molar-refractivity contribution >= 4 is 48.3 Å². The van der Waals surface area contributed by atoms with Crippen LogP contribution in [0.3, 0.4) is 0 Å². The minimum atomic E-state index is -3.26. The Kier molecular flexibility index (Phi) is 6.81. The van der Waals surface area contributed by atoms with E-state index >= 15 is 0 Å². The van der Waals surface area contributed by atoms with Crippen molar-refractivity contribution in [1.29, 1.82) is 0 Å². The van der Waals surface area contributed by atoms with E-state index in [9.17, 15) is 21.6 Å². The number of carbonyl (C=O) groups excluding carboxylic acids is 1. The second-order valence-electron chi connectivity index (χ2n) is 5.77. The first-order valence-corrected chi connectivity index (χ1v) is 11.2. The van der Waals surface area contributed by atoms with Gasteiger partial charge in [-0.15, -0.1) is 0 Å². The van der Waals surface area contributed by atoms with Gasteiger partial charge in [-0.1, -0.05) is 0 Å². The van der Waals surface area contributed by atoms with Gasteiger partial charge in [-0.3, -0.25) is 4.79 Å². The van der Waals surface area contributed by atoms with Crippen LogP contribution in [0.15, 0.2) is 46.2 Å². The van der Waals surface area contributed by atoms with Gasteiger partial charge in [0.15, 0.2) is 19.7 Å². The van der Waals surface area contributed by atoms with E-state index < -0.39 is 19.7 Å². The molecular weight excluding hydrogens is 392 g/mol. The number of nitrogens with two attached hydrogens (primary N) is 3. The average molecular weight is 415 g/mol. The summed E-state index contributed by atoms with van der Waals surface area (Å²) in [5.74, 6) is -0.256. The third-order valence-electron chi connectivity index (χ3n) is 3.25. The number of rotatable bonds is 3. The number of anilines is 4. The first kappa shape index (κ1) is 22.3. The van der Waals surface area contributed by atoms with Crippen LogP contribution in [-0.4, -0.2) is 35.3 Å². The topological polar surface area (TPSA) is 175 Å². The lowest BCUT2D eigenvalue weighted by molar-refractivity contribution is -0.114. The van der Waals surface area contributed by atoms with E-state index in [4.69, 9.17) is 17.2 Å². The van der Waals surface area contributed by atoms with Gasteiger partial charge < -0.3 is 22.5 Å². The zero-order chi connectivity index (χ0) is 21.0. The molecule has 0 spiro atoms. The quantitative estimate of drug-likeness (QED) is 0.535. The summed E-state index contributed by atoms with van der Waals surface area (Å²) in [6, 6.07) is 8.45. The summed E-state index contributed by atoms with van der Waals surface area (Å²) >= 11 is 0. The van der Waals surface area contributed by atoms with Gasteiger partial charge in [0.2, 0.25) is 5.91 Å². The fourth-order valence-corrected chi connectivity index (χ4v) is 3.17. The summed E-state index contributed by atoms with van der Waals surface area (Å²) < 4.78 is 44.4. The molecule has 0 heterocycles. The summed E-state index contributed by atoms with van der Waals surface area (Å²) in [4.78, 5) is 11.1. The molecule has 0 radical (unpaired) electrons. The number of sulfone groups is 2. The van der Waals surface area contributed by atoms with Crippen LogP contribution in [0.25, 0.3) is 0 Å². The van der Waals surface area contributed by atoms with Crippen LogP contribution >= 0.6 is 0 Å². The van der Waals surface area contributed by atoms with Gasteiger partial charge in [-0.2, -0.15) is 0 Å². The molecule has 148 valence electrons. The Bertz CT molecular complexity index is 1060. The minimum absolute atomic E-state index is 0.133. The molecule has 0 aromatic heterocycles. The SMILES string of the molecule is CC(=O)Nc1ccc(S(C)(=O)=O)cc1N.CS(=O)(=O)c1ccc(N)c(N)c1. The van der Waals surface area contributed by atoms with Gasteiger partial charge in [0, 0.05) is 19.4 Å². The Labute approximate surface area is 158 Å². The van der Waals surface area contributed by atoms with Crippen molar-refractivity contribution in [2.24, 2.45) is 0 Å². The van der Waals surface area contributed by atoms with E-state index in [0.29, 0.717) is 11.4 Å². The van der Waals surface area contributed by atoms with Crippen molar-refractivity contribution in [2.45, 2.75) is 16.7 Å². The van der Waals surface area contributed by atoms with E-state index in [1.54, 1.807) is 0 Å². The van der Waals surface area contributed by atoms with Gasteiger partial charge in [-0.05, 0) is 36.4 Å². The van der Waals surface area contributed by atoms with Gasteiger partial charge >= 0.3 is 0 Å².